The Morgan fingerprint density at radius 1 is 1.33 bits per heavy atom. The van der Waals surface area contributed by atoms with Crippen LogP contribution >= 0.6 is 15.9 Å². The molecule has 21 heavy (non-hydrogen) atoms. The molecule has 0 aromatic heterocycles. The molecule has 0 bridgehead atoms. The lowest BCUT2D eigenvalue weighted by molar-refractivity contribution is 0.328. The molecule has 1 aromatic carbocycles. The third-order valence-electron chi connectivity index (χ3n) is 4.14. The maximum Gasteiger partial charge on any atom is 0.192 e. The normalized spacial score (nSPS) is 12.0. The van der Waals surface area contributed by atoms with Crippen molar-refractivity contribution in [2.45, 2.75) is 52.2 Å². The molecule has 0 radical (unpaired) electrons. The van der Waals surface area contributed by atoms with Crippen LogP contribution in [0, 0.1) is 0 Å². The summed E-state index contributed by atoms with van der Waals surface area (Å²) in [5, 5.41) is 0.252. The van der Waals surface area contributed by atoms with Crippen LogP contribution in [0.1, 0.15) is 39.7 Å². The van der Waals surface area contributed by atoms with Gasteiger partial charge in [0.1, 0.15) is 0 Å². The Morgan fingerprint density at radius 3 is 2.52 bits per heavy atom. The van der Waals surface area contributed by atoms with Crippen molar-refractivity contribution in [2.24, 2.45) is 0 Å². The monoisotopic (exact) mass is 366 g/mol. The summed E-state index contributed by atoms with van der Waals surface area (Å²) in [4.78, 5) is 0. The molecule has 1 aromatic rings. The molecular formula is C18H27BrOSi. The van der Waals surface area contributed by atoms with Crippen LogP contribution in [-0.2, 0) is 4.43 Å². The third kappa shape index (κ3) is 5.59. The average molecular weight is 367 g/mol. The van der Waals surface area contributed by atoms with Crippen LogP contribution in [0.15, 0.2) is 40.5 Å². The fourth-order valence-electron chi connectivity index (χ4n) is 1.70. The summed E-state index contributed by atoms with van der Waals surface area (Å²) in [6, 6.07) is 8.36. The molecule has 0 amide bonds. The first-order valence-corrected chi connectivity index (χ1v) is 11.2. The van der Waals surface area contributed by atoms with E-state index in [0.717, 1.165) is 10.9 Å². The van der Waals surface area contributed by atoms with Gasteiger partial charge >= 0.3 is 0 Å². The SMILES string of the molecule is CCC(=C=CCO[Si](C)(C)C(C)(C)C)c1cccc(Br)c1. The second-order valence-corrected chi connectivity index (χ2v) is 12.5. The highest BCUT2D eigenvalue weighted by Crippen LogP contribution is 2.36. The van der Waals surface area contributed by atoms with Crippen molar-refractivity contribution < 1.29 is 4.43 Å². The van der Waals surface area contributed by atoms with Gasteiger partial charge in [-0.25, -0.2) is 0 Å². The minimum Gasteiger partial charge on any atom is -0.413 e. The molecule has 3 heteroatoms. The lowest BCUT2D eigenvalue weighted by atomic mass is 10.0. The predicted octanol–water partition coefficient (Wildman–Crippen LogP) is 6.42. The number of benzene rings is 1. The minimum atomic E-state index is -1.66. The molecule has 1 rings (SSSR count). The van der Waals surface area contributed by atoms with Gasteiger partial charge in [-0.3, -0.25) is 0 Å². The number of hydrogen-bond acceptors (Lipinski definition) is 1. The van der Waals surface area contributed by atoms with E-state index in [1.54, 1.807) is 0 Å². The van der Waals surface area contributed by atoms with Crippen molar-refractivity contribution in [2.75, 3.05) is 6.61 Å². The fraction of sp³-hybridized carbons (Fsp3) is 0.500. The van der Waals surface area contributed by atoms with E-state index < -0.39 is 8.32 Å². The molecule has 0 aliphatic rings. The van der Waals surface area contributed by atoms with Gasteiger partial charge in [0.05, 0.1) is 6.61 Å². The Kier molecular flexibility index (Phi) is 6.67. The second kappa shape index (κ2) is 7.60. The molecule has 0 saturated heterocycles. The van der Waals surface area contributed by atoms with E-state index in [0.29, 0.717) is 6.61 Å². The van der Waals surface area contributed by atoms with Crippen molar-refractivity contribution in [3.05, 3.63) is 46.1 Å². The first-order chi connectivity index (χ1) is 9.67. The second-order valence-electron chi connectivity index (χ2n) is 6.76. The van der Waals surface area contributed by atoms with Crippen LogP contribution in [0.25, 0.3) is 5.57 Å². The third-order valence-corrected chi connectivity index (χ3v) is 9.13. The van der Waals surface area contributed by atoms with Gasteiger partial charge in [-0.2, -0.15) is 0 Å². The van der Waals surface area contributed by atoms with Gasteiger partial charge in [0.25, 0.3) is 0 Å². The summed E-state index contributed by atoms with van der Waals surface area (Å²) in [6.07, 6.45) is 2.99. The molecule has 0 N–H and O–H groups in total. The molecule has 0 unspecified atom stereocenters. The Labute approximate surface area is 139 Å². The molecule has 0 spiro atoms. The van der Waals surface area contributed by atoms with Crippen LogP contribution in [-0.4, -0.2) is 14.9 Å². The van der Waals surface area contributed by atoms with Crippen LogP contribution in [0.3, 0.4) is 0 Å². The average Bonchev–Trinajstić information content (AvgIpc) is 2.37. The van der Waals surface area contributed by atoms with Gasteiger partial charge in [0, 0.05) is 10.0 Å². The van der Waals surface area contributed by atoms with E-state index in [-0.39, 0.29) is 5.04 Å². The highest BCUT2D eigenvalue weighted by molar-refractivity contribution is 9.10. The molecule has 0 saturated carbocycles. The van der Waals surface area contributed by atoms with Crippen molar-refractivity contribution in [3.63, 3.8) is 0 Å². The summed E-state index contributed by atoms with van der Waals surface area (Å²) in [5.74, 6) is 0. The van der Waals surface area contributed by atoms with Crippen molar-refractivity contribution in [1.82, 2.24) is 0 Å². The fourth-order valence-corrected chi connectivity index (χ4v) is 3.03. The van der Waals surface area contributed by atoms with E-state index in [9.17, 15) is 0 Å². The molecule has 0 aliphatic heterocycles. The summed E-state index contributed by atoms with van der Waals surface area (Å²) in [6.45, 7) is 14.1. The summed E-state index contributed by atoms with van der Waals surface area (Å²) in [7, 11) is -1.66. The Morgan fingerprint density at radius 2 is 2.00 bits per heavy atom. The molecular weight excluding hydrogens is 340 g/mol. The molecule has 116 valence electrons. The first-order valence-electron chi connectivity index (χ1n) is 7.51. The van der Waals surface area contributed by atoms with Crippen LogP contribution in [0.2, 0.25) is 18.1 Å². The zero-order chi connectivity index (χ0) is 16.1. The predicted molar refractivity (Wildman–Crippen MR) is 99.1 cm³/mol. The van der Waals surface area contributed by atoms with Crippen molar-refractivity contribution in [1.29, 1.82) is 0 Å². The van der Waals surface area contributed by atoms with Crippen LogP contribution in [0.5, 0.6) is 0 Å². The number of hydrogen-bond donors (Lipinski definition) is 0. The van der Waals surface area contributed by atoms with Crippen molar-refractivity contribution in [3.8, 4) is 0 Å². The van der Waals surface area contributed by atoms with Crippen LogP contribution in [0.4, 0.5) is 0 Å². The van der Waals surface area contributed by atoms with Gasteiger partial charge in [-0.05, 0) is 48.3 Å². The van der Waals surface area contributed by atoms with E-state index >= 15 is 0 Å². The summed E-state index contributed by atoms with van der Waals surface area (Å²) in [5.41, 5.74) is 5.84. The lowest BCUT2D eigenvalue weighted by Gasteiger charge is -2.35. The van der Waals surface area contributed by atoms with Gasteiger partial charge in [0.2, 0.25) is 0 Å². The van der Waals surface area contributed by atoms with Gasteiger partial charge in [-0.15, -0.1) is 5.73 Å². The van der Waals surface area contributed by atoms with E-state index in [1.807, 2.05) is 12.1 Å². The zero-order valence-electron chi connectivity index (χ0n) is 14.1. The standard InChI is InChI=1S/C18H27BrOSi/c1-7-15(16-10-8-12-17(19)14-16)11-9-13-20-21(5,6)18(2,3)4/h8-10,12,14H,7,13H2,1-6H3. The lowest BCUT2D eigenvalue weighted by Crippen LogP contribution is -2.40. The topological polar surface area (TPSA) is 9.23 Å². The Bertz CT molecular complexity index is 534. The Balaban J connectivity index is 2.81. The highest BCUT2D eigenvalue weighted by atomic mass is 79.9. The summed E-state index contributed by atoms with van der Waals surface area (Å²) >= 11 is 3.52. The first kappa shape index (κ1) is 18.4. The maximum absolute atomic E-state index is 6.15. The molecule has 0 aliphatic carbocycles. The molecule has 0 fully saturated rings. The van der Waals surface area contributed by atoms with E-state index in [4.69, 9.17) is 4.43 Å². The van der Waals surface area contributed by atoms with Gasteiger partial charge in [-0.1, -0.05) is 55.8 Å². The van der Waals surface area contributed by atoms with E-state index in [1.165, 1.54) is 11.1 Å². The molecule has 0 heterocycles. The van der Waals surface area contributed by atoms with Crippen molar-refractivity contribution >= 4 is 29.8 Å². The number of halogens is 1. The number of rotatable bonds is 5. The smallest absolute Gasteiger partial charge is 0.192 e. The summed E-state index contributed by atoms with van der Waals surface area (Å²) < 4.78 is 7.25. The minimum absolute atomic E-state index is 0.252. The van der Waals surface area contributed by atoms with Gasteiger partial charge in [0.15, 0.2) is 8.32 Å². The van der Waals surface area contributed by atoms with Gasteiger partial charge < -0.3 is 4.43 Å². The molecule has 0 atom stereocenters. The largest absolute Gasteiger partial charge is 0.413 e. The van der Waals surface area contributed by atoms with Crippen LogP contribution < -0.4 is 0 Å². The highest BCUT2D eigenvalue weighted by Gasteiger charge is 2.36. The zero-order valence-corrected chi connectivity index (χ0v) is 16.7. The van der Waals surface area contributed by atoms with E-state index in [2.05, 4.69) is 80.6 Å². The Hall–Kier alpha value is -0.603. The maximum atomic E-state index is 6.15. The quantitative estimate of drug-likeness (QED) is 0.431. The molecule has 1 nitrogen and oxygen atoms in total.